The van der Waals surface area contributed by atoms with Crippen LogP contribution in [-0.4, -0.2) is 74.9 Å². The van der Waals surface area contributed by atoms with Crippen LogP contribution in [0, 0.1) is 0 Å². The van der Waals surface area contributed by atoms with Crippen molar-refractivity contribution in [1.29, 1.82) is 0 Å². The summed E-state index contributed by atoms with van der Waals surface area (Å²) in [5.74, 6) is -0.811. The summed E-state index contributed by atoms with van der Waals surface area (Å²) >= 11 is 0. The number of carbonyl (C=O) groups is 2. The molecule has 396 valence electrons. The third-order valence-corrected chi connectivity index (χ3v) is 13.0. The monoisotopic (exact) mass is 977 g/mol. The number of esters is 2. The van der Waals surface area contributed by atoms with Crippen molar-refractivity contribution in [2.45, 2.75) is 251 Å². The van der Waals surface area contributed by atoms with Gasteiger partial charge in [0, 0.05) is 12.8 Å². The molecule has 0 fully saturated rings. The lowest BCUT2D eigenvalue weighted by Crippen LogP contribution is -2.37. The number of likely N-dealkylation sites (N-methyl/N-ethyl adjacent to an activating group) is 1. The van der Waals surface area contributed by atoms with Gasteiger partial charge in [-0.1, -0.05) is 216 Å². The van der Waals surface area contributed by atoms with Gasteiger partial charge < -0.3 is 18.9 Å². The maximum atomic E-state index is 12.8. The molecule has 0 aromatic rings. The summed E-state index contributed by atoms with van der Waals surface area (Å²) in [5, 5.41) is 0. The van der Waals surface area contributed by atoms with E-state index in [9.17, 15) is 19.0 Å². The highest BCUT2D eigenvalue weighted by atomic mass is 31.2. The number of nitrogens with zero attached hydrogens (tertiary/aromatic N) is 1. The van der Waals surface area contributed by atoms with E-state index in [-0.39, 0.29) is 32.0 Å². The Kier molecular flexibility index (Phi) is 48.0. The fraction of sp³-hybridized carbons (Fsp3) is 0.793. The number of carbonyl (C=O) groups excluding carboxylic acids is 2. The molecule has 0 aromatic carbocycles. The second-order valence-corrected chi connectivity index (χ2v) is 21.4. The summed E-state index contributed by atoms with van der Waals surface area (Å²) in [6.45, 7) is 4.35. The smallest absolute Gasteiger partial charge is 0.462 e. The maximum Gasteiger partial charge on any atom is 0.472 e. The van der Waals surface area contributed by atoms with Gasteiger partial charge in [0.2, 0.25) is 0 Å². The minimum absolute atomic E-state index is 0.0283. The molecule has 0 aliphatic rings. The van der Waals surface area contributed by atoms with Crippen LogP contribution in [0.2, 0.25) is 0 Å². The highest BCUT2D eigenvalue weighted by molar-refractivity contribution is 7.47. The van der Waals surface area contributed by atoms with Crippen LogP contribution >= 0.6 is 7.82 Å². The van der Waals surface area contributed by atoms with Gasteiger partial charge in [0.1, 0.15) is 19.8 Å². The zero-order chi connectivity index (χ0) is 49.9. The summed E-state index contributed by atoms with van der Waals surface area (Å²) in [4.78, 5) is 35.5. The van der Waals surface area contributed by atoms with Crippen molar-refractivity contribution < 1.29 is 42.1 Å². The second-order valence-electron chi connectivity index (χ2n) is 20.0. The molecule has 68 heavy (non-hydrogen) atoms. The van der Waals surface area contributed by atoms with Crippen molar-refractivity contribution in [2.24, 2.45) is 0 Å². The minimum Gasteiger partial charge on any atom is -0.462 e. The topological polar surface area (TPSA) is 108 Å². The molecule has 0 saturated carbocycles. The summed E-state index contributed by atoms with van der Waals surface area (Å²) in [6, 6.07) is 0. The molecule has 0 radical (unpaired) electrons. The van der Waals surface area contributed by atoms with Crippen LogP contribution in [0.3, 0.4) is 0 Å². The molecule has 2 atom stereocenters. The number of unbranched alkanes of at least 4 members (excludes halogenated alkanes) is 27. The van der Waals surface area contributed by atoms with Crippen molar-refractivity contribution in [1.82, 2.24) is 0 Å². The fourth-order valence-corrected chi connectivity index (χ4v) is 8.39. The van der Waals surface area contributed by atoms with E-state index in [1.165, 1.54) is 135 Å². The van der Waals surface area contributed by atoms with Gasteiger partial charge in [-0.15, -0.1) is 0 Å². The van der Waals surface area contributed by atoms with Gasteiger partial charge in [-0.05, 0) is 77.0 Å². The highest BCUT2D eigenvalue weighted by Gasteiger charge is 2.27. The van der Waals surface area contributed by atoms with Crippen molar-refractivity contribution >= 4 is 19.8 Å². The molecule has 0 rings (SSSR count). The van der Waals surface area contributed by atoms with Crippen LogP contribution < -0.4 is 0 Å². The largest absolute Gasteiger partial charge is 0.472 e. The Bertz CT molecular complexity index is 1340. The first-order chi connectivity index (χ1) is 33.0. The molecule has 0 aromatic heterocycles. The second kappa shape index (κ2) is 49.7. The SMILES string of the molecule is CCC/C=C\C/C=C\CCCCCCCC(=O)OCC(COP(=O)(O)OCC[N+](C)(C)C)OC(=O)CCCCCCCCCCCCCCCCCC/C=C\C/C=C\C/C=C\CCCCCCC. The fourth-order valence-electron chi connectivity index (χ4n) is 7.65. The first-order valence-electron chi connectivity index (χ1n) is 28.0. The van der Waals surface area contributed by atoms with E-state index in [4.69, 9.17) is 18.5 Å². The van der Waals surface area contributed by atoms with E-state index in [0.29, 0.717) is 17.4 Å². The molecule has 2 unspecified atom stereocenters. The average molecular weight is 977 g/mol. The Labute approximate surface area is 419 Å². The van der Waals surface area contributed by atoms with E-state index in [0.717, 1.165) is 77.0 Å². The number of phosphoric acid groups is 1. The van der Waals surface area contributed by atoms with Gasteiger partial charge in [0.25, 0.3) is 0 Å². The van der Waals surface area contributed by atoms with Gasteiger partial charge in [-0.2, -0.15) is 0 Å². The predicted molar refractivity (Wildman–Crippen MR) is 289 cm³/mol. The van der Waals surface area contributed by atoms with E-state index >= 15 is 0 Å². The molecule has 0 aliphatic heterocycles. The molecular formula is C58H107NO8P+. The van der Waals surface area contributed by atoms with E-state index in [1.807, 2.05) is 21.1 Å². The van der Waals surface area contributed by atoms with Gasteiger partial charge >= 0.3 is 19.8 Å². The summed E-state index contributed by atoms with van der Waals surface area (Å²) in [7, 11) is 1.47. The van der Waals surface area contributed by atoms with Gasteiger partial charge in [-0.3, -0.25) is 18.6 Å². The molecule has 0 bridgehead atoms. The van der Waals surface area contributed by atoms with Crippen molar-refractivity contribution in [3.05, 3.63) is 60.8 Å². The lowest BCUT2D eigenvalue weighted by atomic mass is 10.0. The quantitative estimate of drug-likeness (QED) is 0.0211. The Morgan fingerprint density at radius 3 is 1.24 bits per heavy atom. The van der Waals surface area contributed by atoms with Crippen LogP contribution in [0.1, 0.15) is 245 Å². The molecule has 0 spiro atoms. The Morgan fingerprint density at radius 1 is 0.456 bits per heavy atom. The van der Waals surface area contributed by atoms with Crippen molar-refractivity contribution in [2.75, 3.05) is 47.5 Å². The number of ether oxygens (including phenoxy) is 2. The van der Waals surface area contributed by atoms with Crippen LogP contribution in [0.15, 0.2) is 60.8 Å². The van der Waals surface area contributed by atoms with Gasteiger partial charge in [0.15, 0.2) is 6.10 Å². The number of allylic oxidation sites excluding steroid dienone is 10. The minimum atomic E-state index is -4.38. The summed E-state index contributed by atoms with van der Waals surface area (Å²) < 4.78 is 34.5. The Hall–Kier alpha value is -2.29. The normalized spacial score (nSPS) is 13.8. The summed E-state index contributed by atoms with van der Waals surface area (Å²) in [5.41, 5.74) is 0. The summed E-state index contributed by atoms with van der Waals surface area (Å²) in [6.07, 6.45) is 63.0. The zero-order valence-electron chi connectivity index (χ0n) is 44.8. The van der Waals surface area contributed by atoms with E-state index in [2.05, 4.69) is 74.6 Å². The molecule has 9 nitrogen and oxygen atoms in total. The van der Waals surface area contributed by atoms with Crippen molar-refractivity contribution in [3.8, 4) is 0 Å². The third kappa shape index (κ3) is 53.1. The van der Waals surface area contributed by atoms with Crippen LogP contribution in [0.4, 0.5) is 0 Å². The standard InChI is InChI=1S/C58H106NO8P/c1-6-8-10-12-14-16-18-20-21-22-23-24-25-26-27-28-29-30-31-32-33-34-35-36-37-39-41-43-45-47-49-51-58(61)67-56(55-66-68(62,63)65-53-52-59(3,4)5)54-64-57(60)50-48-46-44-42-40-38-19-17-15-13-11-9-7-2/h11,13,17-20,22-23,25-26,56H,6-10,12,14-16,21,24,27-55H2,1-5H3/p+1/b13-11-,19-17-,20-18-,23-22-,26-25-. The third-order valence-electron chi connectivity index (χ3n) is 12.0. The van der Waals surface area contributed by atoms with Crippen LogP contribution in [0.5, 0.6) is 0 Å². The molecule has 0 aliphatic carbocycles. The molecule has 10 heteroatoms. The Balaban J connectivity index is 4.07. The Morgan fingerprint density at radius 2 is 0.824 bits per heavy atom. The molecular weight excluding hydrogens is 870 g/mol. The highest BCUT2D eigenvalue weighted by Crippen LogP contribution is 2.43. The van der Waals surface area contributed by atoms with Crippen LogP contribution in [-0.2, 0) is 32.7 Å². The lowest BCUT2D eigenvalue weighted by molar-refractivity contribution is -0.870. The molecule has 0 saturated heterocycles. The first-order valence-corrected chi connectivity index (χ1v) is 29.5. The number of rotatable bonds is 51. The number of quaternary nitrogens is 1. The van der Waals surface area contributed by atoms with E-state index < -0.39 is 26.5 Å². The first kappa shape index (κ1) is 65.7. The molecule has 0 heterocycles. The van der Waals surface area contributed by atoms with E-state index in [1.54, 1.807) is 0 Å². The van der Waals surface area contributed by atoms with Crippen molar-refractivity contribution in [3.63, 3.8) is 0 Å². The number of hydrogen-bond donors (Lipinski definition) is 1. The number of hydrogen-bond acceptors (Lipinski definition) is 7. The van der Waals surface area contributed by atoms with Gasteiger partial charge in [0.05, 0.1) is 27.7 Å². The number of phosphoric ester groups is 1. The lowest BCUT2D eigenvalue weighted by Gasteiger charge is -2.24. The molecule has 1 N–H and O–H groups in total. The zero-order valence-corrected chi connectivity index (χ0v) is 45.7. The predicted octanol–water partition coefficient (Wildman–Crippen LogP) is 17.1. The van der Waals surface area contributed by atoms with Crippen LogP contribution in [0.25, 0.3) is 0 Å². The average Bonchev–Trinajstić information content (AvgIpc) is 3.30. The molecule has 0 amide bonds. The van der Waals surface area contributed by atoms with Gasteiger partial charge in [-0.25, -0.2) is 4.57 Å². The maximum absolute atomic E-state index is 12.8.